The van der Waals surface area contributed by atoms with Gasteiger partial charge in [-0.2, -0.15) is 5.26 Å². The molecule has 0 spiro atoms. The molecule has 1 rings (SSSR count). The molecule has 0 saturated carbocycles. The van der Waals surface area contributed by atoms with Crippen molar-refractivity contribution >= 4 is 11.7 Å². The van der Waals surface area contributed by atoms with E-state index in [1.807, 2.05) is 23.1 Å². The van der Waals surface area contributed by atoms with Crippen LogP contribution >= 0.6 is 0 Å². The maximum atomic E-state index is 10.7. The number of carboxylic acids is 1. The molecule has 0 aliphatic carbocycles. The van der Waals surface area contributed by atoms with Gasteiger partial charge in [0.25, 0.3) is 0 Å². The van der Waals surface area contributed by atoms with Crippen LogP contribution in [0.2, 0.25) is 0 Å². The van der Waals surface area contributed by atoms with E-state index in [9.17, 15) is 4.79 Å². The fraction of sp³-hybridized carbons (Fsp3) is 0.467. The molecule has 19 heavy (non-hydrogen) atoms. The summed E-state index contributed by atoms with van der Waals surface area (Å²) in [5.74, 6) is -0.238. The smallest absolute Gasteiger partial charge is 0.305 e. The topological polar surface area (TPSA) is 64.3 Å². The predicted octanol–water partition coefficient (Wildman–Crippen LogP) is 2.89. The van der Waals surface area contributed by atoms with Crippen LogP contribution in [0.3, 0.4) is 0 Å². The van der Waals surface area contributed by atoms with Crippen LogP contribution in [0.15, 0.2) is 24.3 Å². The summed E-state index contributed by atoms with van der Waals surface area (Å²) in [4.78, 5) is 12.8. The van der Waals surface area contributed by atoms with E-state index >= 15 is 0 Å². The number of hydrogen-bond donors (Lipinski definition) is 1. The zero-order chi connectivity index (χ0) is 14.3. The van der Waals surface area contributed by atoms with Crippen molar-refractivity contribution in [3.05, 3.63) is 29.8 Å². The van der Waals surface area contributed by atoms with Gasteiger partial charge in [-0.25, -0.2) is 0 Å². The third kappa shape index (κ3) is 5.43. The molecule has 102 valence electrons. The number of carbonyl (C=O) groups is 1. The van der Waals surface area contributed by atoms with Crippen LogP contribution in [-0.2, 0) is 4.79 Å². The Morgan fingerprint density at radius 3 is 2.74 bits per heavy atom. The lowest BCUT2D eigenvalue weighted by Crippen LogP contribution is -2.28. The van der Waals surface area contributed by atoms with Crippen LogP contribution in [-0.4, -0.2) is 24.2 Å². The van der Waals surface area contributed by atoms with Gasteiger partial charge < -0.3 is 10.0 Å². The molecule has 4 nitrogen and oxygen atoms in total. The normalized spacial score (nSPS) is 10.2. The van der Waals surface area contributed by atoms with Crippen molar-refractivity contribution in [2.75, 3.05) is 18.0 Å². The van der Waals surface area contributed by atoms with Gasteiger partial charge in [-0.05, 0) is 30.5 Å². The maximum Gasteiger partial charge on any atom is 0.305 e. The largest absolute Gasteiger partial charge is 0.481 e. The summed E-state index contributed by atoms with van der Waals surface area (Å²) in [5, 5.41) is 17.7. The lowest BCUT2D eigenvalue weighted by molar-refractivity contribution is -0.136. The van der Waals surface area contributed by atoms with Crippen LogP contribution < -0.4 is 4.90 Å². The molecule has 0 bridgehead atoms. The molecule has 1 aromatic rings. The van der Waals surface area contributed by atoms with Crippen LogP contribution in [0, 0.1) is 17.2 Å². The number of nitriles is 1. The van der Waals surface area contributed by atoms with Crippen molar-refractivity contribution in [3.8, 4) is 6.07 Å². The van der Waals surface area contributed by atoms with Gasteiger partial charge in [-0.1, -0.05) is 19.9 Å². The highest BCUT2D eigenvalue weighted by molar-refractivity contribution is 5.67. The summed E-state index contributed by atoms with van der Waals surface area (Å²) in [5.41, 5.74) is 1.52. The van der Waals surface area contributed by atoms with E-state index in [1.165, 1.54) is 0 Å². The Bertz CT molecular complexity index is 463. The number of aliphatic carboxylic acids is 1. The molecule has 0 fully saturated rings. The molecule has 0 radical (unpaired) electrons. The average molecular weight is 260 g/mol. The molecular formula is C15H20N2O2. The highest BCUT2D eigenvalue weighted by Gasteiger charge is 2.10. The molecule has 0 aliphatic rings. The molecule has 0 amide bonds. The highest BCUT2D eigenvalue weighted by Crippen LogP contribution is 2.17. The SMILES string of the molecule is CC(C)CCN(CCC(=O)O)c1cccc(C#N)c1. The van der Waals surface area contributed by atoms with Gasteiger partial charge in [0.1, 0.15) is 0 Å². The van der Waals surface area contributed by atoms with E-state index in [4.69, 9.17) is 10.4 Å². The number of hydrogen-bond acceptors (Lipinski definition) is 3. The molecule has 1 aromatic carbocycles. The predicted molar refractivity (Wildman–Crippen MR) is 75.1 cm³/mol. The lowest BCUT2D eigenvalue weighted by Gasteiger charge is -2.25. The van der Waals surface area contributed by atoms with Crippen LogP contribution in [0.4, 0.5) is 5.69 Å². The van der Waals surface area contributed by atoms with Crippen molar-refractivity contribution in [1.82, 2.24) is 0 Å². The Hall–Kier alpha value is -2.02. The van der Waals surface area contributed by atoms with E-state index in [-0.39, 0.29) is 6.42 Å². The number of benzene rings is 1. The Kier molecular flexibility index (Phi) is 5.87. The zero-order valence-corrected chi connectivity index (χ0v) is 11.5. The van der Waals surface area contributed by atoms with Gasteiger partial charge in [-0.15, -0.1) is 0 Å². The van der Waals surface area contributed by atoms with Gasteiger partial charge in [0.2, 0.25) is 0 Å². The second-order valence-corrected chi connectivity index (χ2v) is 4.98. The van der Waals surface area contributed by atoms with Gasteiger partial charge in [-0.3, -0.25) is 4.79 Å². The van der Waals surface area contributed by atoms with E-state index < -0.39 is 5.97 Å². The number of nitrogens with zero attached hydrogens (tertiary/aromatic N) is 2. The van der Waals surface area contributed by atoms with Crippen molar-refractivity contribution < 1.29 is 9.90 Å². The maximum absolute atomic E-state index is 10.7. The first kappa shape index (κ1) is 15.0. The quantitative estimate of drug-likeness (QED) is 0.818. The number of anilines is 1. The minimum absolute atomic E-state index is 0.106. The Morgan fingerprint density at radius 2 is 2.16 bits per heavy atom. The van der Waals surface area contributed by atoms with Gasteiger partial charge in [0, 0.05) is 18.8 Å². The van der Waals surface area contributed by atoms with Crippen LogP contribution in [0.5, 0.6) is 0 Å². The third-order valence-electron chi connectivity index (χ3n) is 2.91. The van der Waals surface area contributed by atoms with Gasteiger partial charge >= 0.3 is 5.97 Å². The second-order valence-electron chi connectivity index (χ2n) is 4.98. The van der Waals surface area contributed by atoms with Crippen molar-refractivity contribution in [1.29, 1.82) is 5.26 Å². The molecule has 0 unspecified atom stereocenters. The molecule has 1 N–H and O–H groups in total. The molecular weight excluding hydrogens is 240 g/mol. The van der Waals surface area contributed by atoms with Crippen LogP contribution in [0.1, 0.15) is 32.3 Å². The third-order valence-corrected chi connectivity index (χ3v) is 2.91. The Balaban J connectivity index is 2.81. The molecule has 0 saturated heterocycles. The van der Waals surface area contributed by atoms with Crippen LogP contribution in [0.25, 0.3) is 0 Å². The molecule has 4 heteroatoms. The summed E-state index contributed by atoms with van der Waals surface area (Å²) < 4.78 is 0. The minimum Gasteiger partial charge on any atom is -0.481 e. The first-order valence-corrected chi connectivity index (χ1v) is 6.50. The van der Waals surface area contributed by atoms with E-state index in [0.29, 0.717) is 18.0 Å². The Labute approximate surface area is 114 Å². The fourth-order valence-corrected chi connectivity index (χ4v) is 1.79. The first-order valence-electron chi connectivity index (χ1n) is 6.50. The van der Waals surface area contributed by atoms with Gasteiger partial charge in [0.15, 0.2) is 0 Å². The van der Waals surface area contributed by atoms with Crippen molar-refractivity contribution in [2.45, 2.75) is 26.7 Å². The Morgan fingerprint density at radius 1 is 1.42 bits per heavy atom. The lowest BCUT2D eigenvalue weighted by atomic mass is 10.1. The fourth-order valence-electron chi connectivity index (χ4n) is 1.79. The standard InChI is InChI=1S/C15H20N2O2/c1-12(2)6-8-17(9-7-15(18)19)14-5-3-4-13(10-14)11-16/h3-5,10,12H,6-9H2,1-2H3,(H,18,19). The zero-order valence-electron chi connectivity index (χ0n) is 11.5. The number of rotatable bonds is 7. The summed E-state index contributed by atoms with van der Waals surface area (Å²) in [6, 6.07) is 9.42. The van der Waals surface area contributed by atoms with E-state index in [1.54, 1.807) is 6.07 Å². The molecule has 0 heterocycles. The summed E-state index contributed by atoms with van der Waals surface area (Å²) in [7, 11) is 0. The average Bonchev–Trinajstić information content (AvgIpc) is 2.38. The van der Waals surface area contributed by atoms with Gasteiger partial charge in [0.05, 0.1) is 18.1 Å². The number of carboxylic acid groups (broad SMARTS) is 1. The summed E-state index contributed by atoms with van der Waals surface area (Å²) >= 11 is 0. The van der Waals surface area contributed by atoms with Crippen molar-refractivity contribution in [3.63, 3.8) is 0 Å². The summed E-state index contributed by atoms with van der Waals surface area (Å²) in [6.45, 7) is 5.55. The summed E-state index contributed by atoms with van der Waals surface area (Å²) in [6.07, 6.45) is 1.10. The monoisotopic (exact) mass is 260 g/mol. The van der Waals surface area contributed by atoms with Crippen molar-refractivity contribution in [2.24, 2.45) is 5.92 Å². The van der Waals surface area contributed by atoms with E-state index in [2.05, 4.69) is 19.9 Å². The highest BCUT2D eigenvalue weighted by atomic mass is 16.4. The minimum atomic E-state index is -0.800. The molecule has 0 aliphatic heterocycles. The van der Waals surface area contributed by atoms with E-state index in [0.717, 1.165) is 18.7 Å². The second kappa shape index (κ2) is 7.42. The molecule has 0 aromatic heterocycles. The molecule has 0 atom stereocenters. The first-order chi connectivity index (χ1) is 9.02.